The number of ether oxygens (including phenoxy) is 2. The maximum atomic E-state index is 6.26. The van der Waals surface area contributed by atoms with Gasteiger partial charge in [-0.1, -0.05) is 19.9 Å². The summed E-state index contributed by atoms with van der Waals surface area (Å²) in [6.07, 6.45) is 0.969. The van der Waals surface area contributed by atoms with Crippen molar-refractivity contribution < 1.29 is 9.47 Å². The van der Waals surface area contributed by atoms with Gasteiger partial charge in [0.15, 0.2) is 11.5 Å². The normalized spacial score (nSPS) is 17.9. The maximum Gasteiger partial charge on any atom is 0.161 e. The fraction of sp³-hybridized carbons (Fsp3) is 0.538. The Bertz CT molecular complexity index is 365. The van der Waals surface area contributed by atoms with Crippen molar-refractivity contribution >= 4 is 11.6 Å². The van der Waals surface area contributed by atoms with E-state index in [0.29, 0.717) is 19.1 Å². The zero-order chi connectivity index (χ0) is 11.5. The highest BCUT2D eigenvalue weighted by molar-refractivity contribution is 6.21. The Morgan fingerprint density at radius 1 is 1.25 bits per heavy atom. The lowest BCUT2D eigenvalue weighted by Crippen LogP contribution is -2.16. The number of rotatable bonds is 3. The first-order valence-electron chi connectivity index (χ1n) is 5.76. The monoisotopic (exact) mass is 240 g/mol. The Morgan fingerprint density at radius 2 is 1.94 bits per heavy atom. The highest BCUT2D eigenvalue weighted by atomic mass is 35.5. The summed E-state index contributed by atoms with van der Waals surface area (Å²) in [5.74, 6) is 2.02. The summed E-state index contributed by atoms with van der Waals surface area (Å²) in [6.45, 7) is 5.51. The second-order valence-electron chi connectivity index (χ2n) is 4.12. The summed E-state index contributed by atoms with van der Waals surface area (Å²) in [4.78, 5) is 0. The highest BCUT2D eigenvalue weighted by Crippen LogP contribution is 2.35. The SMILES string of the molecule is CCC(Cl)C(C)c1ccc2c(c1)OCCO2. The highest BCUT2D eigenvalue weighted by Gasteiger charge is 2.18. The van der Waals surface area contributed by atoms with Crippen molar-refractivity contribution in [3.63, 3.8) is 0 Å². The molecule has 0 saturated heterocycles. The van der Waals surface area contributed by atoms with Gasteiger partial charge < -0.3 is 9.47 Å². The molecule has 1 heterocycles. The molecular weight excluding hydrogens is 224 g/mol. The molecule has 0 N–H and O–H groups in total. The van der Waals surface area contributed by atoms with E-state index in [0.717, 1.165) is 17.9 Å². The van der Waals surface area contributed by atoms with Crippen LogP contribution in [0, 0.1) is 0 Å². The molecule has 2 rings (SSSR count). The summed E-state index contributed by atoms with van der Waals surface area (Å²) in [5, 5.41) is 0.169. The van der Waals surface area contributed by atoms with Crippen LogP contribution in [0.5, 0.6) is 11.5 Å². The Hall–Kier alpha value is -0.890. The minimum absolute atomic E-state index is 0.169. The Balaban J connectivity index is 2.22. The molecule has 3 heteroatoms. The Kier molecular flexibility index (Phi) is 3.59. The predicted octanol–water partition coefficient (Wildman–Crippen LogP) is 3.58. The number of benzene rings is 1. The molecule has 0 radical (unpaired) electrons. The van der Waals surface area contributed by atoms with Crippen LogP contribution in [-0.2, 0) is 0 Å². The van der Waals surface area contributed by atoms with Gasteiger partial charge in [-0.15, -0.1) is 11.6 Å². The second kappa shape index (κ2) is 4.96. The van der Waals surface area contributed by atoms with E-state index in [4.69, 9.17) is 21.1 Å². The summed E-state index contributed by atoms with van der Waals surface area (Å²) in [5.41, 5.74) is 1.21. The average Bonchev–Trinajstić information content (AvgIpc) is 2.36. The Morgan fingerprint density at radius 3 is 2.62 bits per heavy atom. The van der Waals surface area contributed by atoms with Gasteiger partial charge in [0.1, 0.15) is 13.2 Å². The van der Waals surface area contributed by atoms with Crippen LogP contribution in [-0.4, -0.2) is 18.6 Å². The van der Waals surface area contributed by atoms with Crippen molar-refractivity contribution in [2.75, 3.05) is 13.2 Å². The van der Waals surface area contributed by atoms with Crippen LogP contribution < -0.4 is 9.47 Å². The van der Waals surface area contributed by atoms with E-state index >= 15 is 0 Å². The van der Waals surface area contributed by atoms with Crippen molar-refractivity contribution in [3.05, 3.63) is 23.8 Å². The lowest BCUT2D eigenvalue weighted by Gasteiger charge is -2.22. The third-order valence-electron chi connectivity index (χ3n) is 3.02. The molecule has 0 saturated carbocycles. The predicted molar refractivity (Wildman–Crippen MR) is 65.8 cm³/mol. The molecular formula is C13H17ClO2. The molecule has 16 heavy (non-hydrogen) atoms. The van der Waals surface area contributed by atoms with Gasteiger partial charge in [0.2, 0.25) is 0 Å². The lowest BCUT2D eigenvalue weighted by atomic mass is 9.95. The molecule has 1 aliphatic rings. The summed E-state index contributed by atoms with van der Waals surface area (Å²) < 4.78 is 11.0. The van der Waals surface area contributed by atoms with E-state index in [-0.39, 0.29) is 5.38 Å². The van der Waals surface area contributed by atoms with E-state index in [1.807, 2.05) is 12.1 Å². The van der Waals surface area contributed by atoms with Gasteiger partial charge in [0, 0.05) is 5.38 Å². The molecule has 0 bridgehead atoms. The van der Waals surface area contributed by atoms with Crippen LogP contribution in [0.25, 0.3) is 0 Å². The number of hydrogen-bond acceptors (Lipinski definition) is 2. The second-order valence-corrected chi connectivity index (χ2v) is 4.68. The van der Waals surface area contributed by atoms with E-state index in [2.05, 4.69) is 19.9 Å². The smallest absolute Gasteiger partial charge is 0.161 e. The van der Waals surface area contributed by atoms with Crippen LogP contribution in [0.3, 0.4) is 0 Å². The Labute approximate surface area is 102 Å². The number of hydrogen-bond donors (Lipinski definition) is 0. The van der Waals surface area contributed by atoms with Crippen molar-refractivity contribution in [3.8, 4) is 11.5 Å². The quantitative estimate of drug-likeness (QED) is 0.752. The van der Waals surface area contributed by atoms with Gasteiger partial charge in [0.25, 0.3) is 0 Å². The van der Waals surface area contributed by atoms with Gasteiger partial charge in [-0.2, -0.15) is 0 Å². The molecule has 1 aliphatic heterocycles. The lowest BCUT2D eigenvalue weighted by molar-refractivity contribution is 0.171. The van der Waals surface area contributed by atoms with Crippen molar-refractivity contribution in [2.24, 2.45) is 0 Å². The molecule has 2 nitrogen and oxygen atoms in total. The van der Waals surface area contributed by atoms with E-state index in [9.17, 15) is 0 Å². The van der Waals surface area contributed by atoms with Gasteiger partial charge >= 0.3 is 0 Å². The first-order valence-corrected chi connectivity index (χ1v) is 6.19. The zero-order valence-corrected chi connectivity index (χ0v) is 10.5. The number of halogens is 1. The van der Waals surface area contributed by atoms with Crippen LogP contribution in [0.4, 0.5) is 0 Å². The number of fused-ring (bicyclic) bond motifs is 1. The first-order chi connectivity index (χ1) is 7.72. The zero-order valence-electron chi connectivity index (χ0n) is 9.70. The first kappa shape index (κ1) is 11.6. The van der Waals surface area contributed by atoms with E-state index in [1.54, 1.807) is 0 Å². The third-order valence-corrected chi connectivity index (χ3v) is 3.71. The standard InChI is InChI=1S/C13H17ClO2/c1-3-11(14)9(2)10-4-5-12-13(8-10)16-7-6-15-12/h4-5,8-9,11H,3,6-7H2,1-2H3. The van der Waals surface area contributed by atoms with E-state index < -0.39 is 0 Å². The van der Waals surface area contributed by atoms with E-state index in [1.165, 1.54) is 5.56 Å². The van der Waals surface area contributed by atoms with Crippen molar-refractivity contribution in [1.29, 1.82) is 0 Å². The molecule has 1 aromatic carbocycles. The summed E-state index contributed by atoms with van der Waals surface area (Å²) >= 11 is 6.26. The number of alkyl halides is 1. The van der Waals surface area contributed by atoms with Crippen molar-refractivity contribution in [2.45, 2.75) is 31.6 Å². The van der Waals surface area contributed by atoms with Crippen LogP contribution in [0.1, 0.15) is 31.7 Å². The maximum absolute atomic E-state index is 6.26. The third kappa shape index (κ3) is 2.27. The largest absolute Gasteiger partial charge is 0.486 e. The van der Waals surface area contributed by atoms with Gasteiger partial charge in [0.05, 0.1) is 0 Å². The molecule has 0 aliphatic carbocycles. The minimum atomic E-state index is 0.169. The topological polar surface area (TPSA) is 18.5 Å². The molecule has 88 valence electrons. The fourth-order valence-electron chi connectivity index (χ4n) is 1.91. The molecule has 2 unspecified atom stereocenters. The van der Waals surface area contributed by atoms with Gasteiger partial charge in [-0.25, -0.2) is 0 Å². The van der Waals surface area contributed by atoms with Crippen LogP contribution >= 0.6 is 11.6 Å². The molecule has 1 aromatic rings. The molecule has 2 atom stereocenters. The minimum Gasteiger partial charge on any atom is -0.486 e. The molecule has 0 spiro atoms. The van der Waals surface area contributed by atoms with Crippen LogP contribution in [0.2, 0.25) is 0 Å². The molecule has 0 fully saturated rings. The fourth-order valence-corrected chi connectivity index (χ4v) is 2.05. The van der Waals surface area contributed by atoms with Gasteiger partial charge in [-0.3, -0.25) is 0 Å². The van der Waals surface area contributed by atoms with Gasteiger partial charge in [-0.05, 0) is 30.0 Å². The van der Waals surface area contributed by atoms with Crippen LogP contribution in [0.15, 0.2) is 18.2 Å². The summed E-state index contributed by atoms with van der Waals surface area (Å²) in [6, 6.07) is 6.09. The summed E-state index contributed by atoms with van der Waals surface area (Å²) in [7, 11) is 0. The molecule has 0 amide bonds. The average molecular weight is 241 g/mol. The molecule has 0 aromatic heterocycles. The van der Waals surface area contributed by atoms with Crippen molar-refractivity contribution in [1.82, 2.24) is 0 Å².